The van der Waals surface area contributed by atoms with E-state index in [1.165, 1.54) is 161 Å². The molecule has 0 aliphatic carbocycles. The molecular weight excluding hydrogens is 997 g/mol. The second-order valence-corrected chi connectivity index (χ2v) is 22.2. The number of aliphatic hydroxyl groups excluding tert-OH is 7. The van der Waals surface area contributed by atoms with E-state index in [1.54, 1.807) is 0 Å². The van der Waals surface area contributed by atoms with E-state index in [2.05, 4.69) is 50.3 Å². The van der Waals surface area contributed by atoms with Gasteiger partial charge in [0, 0.05) is 12.8 Å². The Bertz CT molecular complexity index is 1490. The number of allylic oxidation sites excluding steroid dienone is 6. The van der Waals surface area contributed by atoms with Crippen molar-refractivity contribution in [3.63, 3.8) is 0 Å². The Balaban J connectivity index is 1.72. The van der Waals surface area contributed by atoms with Crippen molar-refractivity contribution >= 4 is 11.9 Å². The van der Waals surface area contributed by atoms with Crippen LogP contribution in [0.2, 0.25) is 0 Å². The molecule has 15 nitrogen and oxygen atoms in total. The van der Waals surface area contributed by atoms with Crippen molar-refractivity contribution in [1.82, 2.24) is 0 Å². The molecule has 0 aromatic rings. The first-order chi connectivity index (χ1) is 38.0. The number of hydrogen-bond donors (Lipinski definition) is 7. The van der Waals surface area contributed by atoms with Crippen molar-refractivity contribution < 1.29 is 73.8 Å². The van der Waals surface area contributed by atoms with Crippen LogP contribution < -0.4 is 0 Å². The van der Waals surface area contributed by atoms with Gasteiger partial charge >= 0.3 is 11.9 Å². The molecule has 2 heterocycles. The molecule has 456 valence electrons. The van der Waals surface area contributed by atoms with Crippen molar-refractivity contribution in [3.05, 3.63) is 36.5 Å². The molecule has 15 heteroatoms. The maximum Gasteiger partial charge on any atom is 0.306 e. The average molecular weight is 1110 g/mol. The van der Waals surface area contributed by atoms with Gasteiger partial charge in [-0.05, 0) is 64.2 Å². The first-order valence-electron chi connectivity index (χ1n) is 31.6. The van der Waals surface area contributed by atoms with Gasteiger partial charge in [-0.1, -0.05) is 217 Å². The van der Waals surface area contributed by atoms with Crippen LogP contribution in [0.15, 0.2) is 36.5 Å². The molecule has 2 rings (SSSR count). The smallest absolute Gasteiger partial charge is 0.306 e. The highest BCUT2D eigenvalue weighted by Crippen LogP contribution is 2.27. The monoisotopic (exact) mass is 1110 g/mol. The van der Waals surface area contributed by atoms with Crippen LogP contribution in [0.1, 0.15) is 258 Å². The minimum atomic E-state index is -1.77. The summed E-state index contributed by atoms with van der Waals surface area (Å²) in [5.74, 6) is -0.956. The minimum absolute atomic E-state index is 0.156. The topological polar surface area (TPSA) is 231 Å². The number of rotatable bonds is 51. The van der Waals surface area contributed by atoms with Crippen LogP contribution in [0.5, 0.6) is 0 Å². The molecule has 0 spiro atoms. The Morgan fingerprint density at radius 3 is 1.27 bits per heavy atom. The molecule has 2 aliphatic heterocycles. The summed E-state index contributed by atoms with van der Waals surface area (Å²) in [6.45, 7) is 2.59. The number of esters is 2. The zero-order valence-electron chi connectivity index (χ0n) is 48.9. The normalized spacial score (nSPS) is 24.2. The third-order valence-corrected chi connectivity index (χ3v) is 15.1. The van der Waals surface area contributed by atoms with Crippen molar-refractivity contribution in [1.29, 1.82) is 0 Å². The summed E-state index contributed by atoms with van der Waals surface area (Å²) < 4.78 is 33.7. The summed E-state index contributed by atoms with van der Waals surface area (Å²) in [7, 11) is 0. The third kappa shape index (κ3) is 35.5. The zero-order chi connectivity index (χ0) is 56.7. The Kier molecular flexibility index (Phi) is 45.4. The number of unbranched alkanes of at least 4 members (excludes halogenated alkanes) is 31. The van der Waals surface area contributed by atoms with Crippen LogP contribution in [0.25, 0.3) is 0 Å². The molecule has 0 aromatic heterocycles. The molecule has 2 saturated heterocycles. The van der Waals surface area contributed by atoms with Gasteiger partial charge in [0.15, 0.2) is 18.7 Å². The van der Waals surface area contributed by atoms with Crippen LogP contribution >= 0.6 is 0 Å². The summed E-state index contributed by atoms with van der Waals surface area (Å²) in [5, 5.41) is 72.4. The Labute approximate surface area is 472 Å². The maximum absolute atomic E-state index is 13.1. The standard InChI is InChI=1S/C63H114O15/c1-3-5-7-9-11-13-15-17-19-21-23-24-25-26-28-29-31-33-35-37-39-41-43-45-54(65)73-48-51(76-55(66)46-44-42-40-38-36-34-32-30-27-22-20-18-16-14-12-10-8-6-4-2)49-74-62-61(72)59(70)57(68)53(78-62)50-75-63-60(71)58(69)56(67)52(47-64)77-63/h12,14,18,20,37,39,51-53,56-64,67-72H,3-11,13,15-17,19,21-36,38,40-50H2,1-2H3/b14-12+,20-18+,39-37+/t51-,52+,53+,56-,57-,58?,59?,60?,61?,62+,63+/m0/s1. The molecule has 0 amide bonds. The van der Waals surface area contributed by atoms with E-state index in [4.69, 9.17) is 28.4 Å². The van der Waals surface area contributed by atoms with E-state index in [0.717, 1.165) is 57.8 Å². The highest BCUT2D eigenvalue weighted by Gasteiger charge is 2.47. The Hall–Kier alpha value is -2.28. The molecule has 0 radical (unpaired) electrons. The number of ether oxygens (including phenoxy) is 6. The fraction of sp³-hybridized carbons (Fsp3) is 0.873. The van der Waals surface area contributed by atoms with E-state index in [9.17, 15) is 45.3 Å². The first kappa shape index (κ1) is 71.8. The summed E-state index contributed by atoms with van der Waals surface area (Å²) in [5.41, 5.74) is 0. The number of hydrogen-bond acceptors (Lipinski definition) is 15. The second-order valence-electron chi connectivity index (χ2n) is 22.2. The minimum Gasteiger partial charge on any atom is -0.462 e. The molecule has 78 heavy (non-hydrogen) atoms. The van der Waals surface area contributed by atoms with Gasteiger partial charge in [-0.25, -0.2) is 0 Å². The quantitative estimate of drug-likeness (QED) is 0.0171. The molecule has 11 atom stereocenters. The third-order valence-electron chi connectivity index (χ3n) is 15.1. The van der Waals surface area contributed by atoms with Crippen molar-refractivity contribution in [2.45, 2.75) is 325 Å². The lowest BCUT2D eigenvalue weighted by Crippen LogP contribution is -2.61. The Morgan fingerprint density at radius 2 is 0.782 bits per heavy atom. The predicted octanol–water partition coefficient (Wildman–Crippen LogP) is 11.6. The van der Waals surface area contributed by atoms with E-state index in [-0.39, 0.29) is 19.4 Å². The first-order valence-corrected chi connectivity index (χ1v) is 31.6. The van der Waals surface area contributed by atoms with E-state index in [1.807, 2.05) is 0 Å². The largest absolute Gasteiger partial charge is 0.462 e. The summed E-state index contributed by atoms with van der Waals surface area (Å²) in [4.78, 5) is 25.9. The second kappa shape index (κ2) is 49.3. The fourth-order valence-electron chi connectivity index (χ4n) is 9.96. The number of carbonyl (C=O) groups excluding carboxylic acids is 2. The van der Waals surface area contributed by atoms with Crippen molar-refractivity contribution in [3.8, 4) is 0 Å². The predicted molar refractivity (Wildman–Crippen MR) is 307 cm³/mol. The van der Waals surface area contributed by atoms with Gasteiger partial charge in [-0.3, -0.25) is 9.59 Å². The van der Waals surface area contributed by atoms with E-state index < -0.39 is 99.3 Å². The van der Waals surface area contributed by atoms with Crippen LogP contribution in [0.3, 0.4) is 0 Å². The number of carbonyl (C=O) groups is 2. The van der Waals surface area contributed by atoms with E-state index >= 15 is 0 Å². The summed E-state index contributed by atoms with van der Waals surface area (Å²) >= 11 is 0. The SMILES string of the molecule is CCCCC/C=C/C/C=C/CCCCCCCCCCCC(=O)O[C@@H](COC(=O)CCC/C=C/CCCCCCCCCCCCCCCCCCCC)CO[C@@H]1O[C@H](CO[C@@H]2O[C@H](CO)[C@H](O)C(O)C2O)[C@H](O)C(O)C1O. The molecule has 7 N–H and O–H groups in total. The summed E-state index contributed by atoms with van der Waals surface area (Å²) in [6, 6.07) is 0. The van der Waals surface area contributed by atoms with Crippen molar-refractivity contribution in [2.75, 3.05) is 26.4 Å². The van der Waals surface area contributed by atoms with Crippen LogP contribution in [-0.4, -0.2) is 142 Å². The van der Waals surface area contributed by atoms with E-state index in [0.29, 0.717) is 12.8 Å². The highest BCUT2D eigenvalue weighted by atomic mass is 16.7. The average Bonchev–Trinajstić information content (AvgIpc) is 3.43. The summed E-state index contributed by atoms with van der Waals surface area (Å²) in [6.07, 6.45) is 40.3. The fourth-order valence-corrected chi connectivity index (χ4v) is 9.96. The molecule has 4 unspecified atom stereocenters. The van der Waals surface area contributed by atoms with Gasteiger partial charge in [-0.2, -0.15) is 0 Å². The molecular formula is C63H114O15. The number of aliphatic hydroxyl groups is 7. The van der Waals surface area contributed by atoms with Crippen LogP contribution in [0.4, 0.5) is 0 Å². The van der Waals surface area contributed by atoms with Gasteiger partial charge in [-0.15, -0.1) is 0 Å². The van der Waals surface area contributed by atoms with Crippen LogP contribution in [0, 0.1) is 0 Å². The lowest BCUT2D eigenvalue weighted by Gasteiger charge is -2.42. The molecule has 0 saturated carbocycles. The lowest BCUT2D eigenvalue weighted by atomic mass is 9.98. The molecule has 2 aliphatic rings. The molecule has 0 aromatic carbocycles. The molecule has 0 bridgehead atoms. The highest BCUT2D eigenvalue weighted by molar-refractivity contribution is 5.70. The lowest BCUT2D eigenvalue weighted by molar-refractivity contribution is -0.332. The van der Waals surface area contributed by atoms with Gasteiger partial charge < -0.3 is 64.2 Å². The van der Waals surface area contributed by atoms with Gasteiger partial charge in [0.05, 0.1) is 19.8 Å². The Morgan fingerprint density at radius 1 is 0.410 bits per heavy atom. The maximum atomic E-state index is 13.1. The van der Waals surface area contributed by atoms with Gasteiger partial charge in [0.2, 0.25) is 0 Å². The van der Waals surface area contributed by atoms with Gasteiger partial charge in [0.25, 0.3) is 0 Å². The molecule has 2 fully saturated rings. The zero-order valence-corrected chi connectivity index (χ0v) is 48.9. The van der Waals surface area contributed by atoms with Crippen LogP contribution in [-0.2, 0) is 38.0 Å². The van der Waals surface area contributed by atoms with Gasteiger partial charge in [0.1, 0.15) is 55.4 Å². The van der Waals surface area contributed by atoms with Crippen molar-refractivity contribution in [2.24, 2.45) is 0 Å².